The highest BCUT2D eigenvalue weighted by Crippen LogP contribution is 2.33. The predicted molar refractivity (Wildman–Crippen MR) is 110 cm³/mol. The third-order valence-electron chi connectivity index (χ3n) is 4.49. The van der Waals surface area contributed by atoms with Gasteiger partial charge in [-0.3, -0.25) is 9.69 Å². The van der Waals surface area contributed by atoms with Gasteiger partial charge in [0, 0.05) is 50.5 Å². The van der Waals surface area contributed by atoms with E-state index in [-0.39, 0.29) is 16.7 Å². The molecule has 0 aromatic heterocycles. The second kappa shape index (κ2) is 9.11. The lowest BCUT2D eigenvalue weighted by atomic mass is 10.2. The topological polar surface area (TPSA) is 35.6 Å². The highest BCUT2D eigenvalue weighted by Gasteiger charge is 2.18. The van der Waals surface area contributed by atoms with Crippen LogP contribution in [0.5, 0.6) is 0 Å². The summed E-state index contributed by atoms with van der Waals surface area (Å²) in [5, 5.41) is 3.67. The molecule has 1 heterocycles. The Morgan fingerprint density at radius 2 is 1.59 bits per heavy atom. The molecule has 0 unspecified atom stereocenters. The van der Waals surface area contributed by atoms with Crippen LogP contribution in [0.4, 0.5) is 15.8 Å². The average molecular weight is 431 g/mol. The van der Waals surface area contributed by atoms with E-state index in [1.165, 1.54) is 12.1 Å². The number of anilines is 2. The molecular formula is C19H19Cl3FN3O. The van der Waals surface area contributed by atoms with Crippen LogP contribution in [0.1, 0.15) is 6.42 Å². The van der Waals surface area contributed by atoms with Crippen molar-refractivity contribution in [3.63, 3.8) is 0 Å². The molecule has 1 N–H and O–H groups in total. The molecule has 2 aromatic carbocycles. The van der Waals surface area contributed by atoms with Crippen molar-refractivity contribution >= 4 is 52.1 Å². The molecule has 144 valence electrons. The van der Waals surface area contributed by atoms with E-state index in [0.29, 0.717) is 28.7 Å². The summed E-state index contributed by atoms with van der Waals surface area (Å²) in [5.74, 6) is -0.336. The van der Waals surface area contributed by atoms with E-state index in [1.54, 1.807) is 24.3 Å². The monoisotopic (exact) mass is 429 g/mol. The fraction of sp³-hybridized carbons (Fsp3) is 0.316. The molecule has 0 atom stereocenters. The zero-order valence-corrected chi connectivity index (χ0v) is 16.8. The van der Waals surface area contributed by atoms with Gasteiger partial charge in [-0.2, -0.15) is 0 Å². The summed E-state index contributed by atoms with van der Waals surface area (Å²) in [6.45, 7) is 4.05. The number of nitrogens with zero attached hydrogens (tertiary/aromatic N) is 2. The van der Waals surface area contributed by atoms with Gasteiger partial charge in [-0.15, -0.1) is 0 Å². The van der Waals surface area contributed by atoms with Crippen LogP contribution >= 0.6 is 34.8 Å². The van der Waals surface area contributed by atoms with Gasteiger partial charge in [-0.25, -0.2) is 4.39 Å². The van der Waals surface area contributed by atoms with Gasteiger partial charge in [0.05, 0.1) is 15.1 Å². The van der Waals surface area contributed by atoms with Crippen molar-refractivity contribution in [3.8, 4) is 0 Å². The summed E-state index contributed by atoms with van der Waals surface area (Å²) in [6.07, 6.45) is 0.369. The van der Waals surface area contributed by atoms with E-state index >= 15 is 0 Å². The standard InChI is InChI=1S/C19H19Cl3FN3O/c20-16-11-14(12-17(21)19(16)22)24-18(27)5-6-25-7-9-26(10-8-25)15-3-1-13(23)2-4-15/h1-4,11-12H,5-10H2,(H,24,27). The summed E-state index contributed by atoms with van der Waals surface area (Å²) in [7, 11) is 0. The second-order valence-corrected chi connectivity index (χ2v) is 7.55. The number of rotatable bonds is 5. The number of carbonyl (C=O) groups excluding carboxylic acids is 1. The van der Waals surface area contributed by atoms with Gasteiger partial charge in [0.2, 0.25) is 5.91 Å². The van der Waals surface area contributed by atoms with Crippen LogP contribution in [-0.2, 0) is 4.79 Å². The molecule has 27 heavy (non-hydrogen) atoms. The zero-order valence-electron chi connectivity index (χ0n) is 14.5. The molecule has 1 fully saturated rings. The number of carbonyl (C=O) groups is 1. The van der Waals surface area contributed by atoms with Crippen LogP contribution in [-0.4, -0.2) is 43.5 Å². The number of halogens is 4. The third-order valence-corrected chi connectivity index (χ3v) is 5.68. The number of nitrogens with one attached hydrogen (secondary N) is 1. The normalized spacial score (nSPS) is 15.0. The van der Waals surface area contributed by atoms with Crippen LogP contribution in [0.2, 0.25) is 15.1 Å². The van der Waals surface area contributed by atoms with E-state index in [4.69, 9.17) is 34.8 Å². The maximum absolute atomic E-state index is 13.0. The molecule has 1 aliphatic rings. The van der Waals surface area contributed by atoms with E-state index in [0.717, 1.165) is 31.9 Å². The third kappa shape index (κ3) is 5.48. The molecule has 0 spiro atoms. The smallest absolute Gasteiger partial charge is 0.225 e. The van der Waals surface area contributed by atoms with Crippen LogP contribution < -0.4 is 10.2 Å². The molecule has 3 rings (SSSR count). The highest BCUT2D eigenvalue weighted by molar-refractivity contribution is 6.48. The molecule has 0 bridgehead atoms. The van der Waals surface area contributed by atoms with Gasteiger partial charge in [-0.05, 0) is 36.4 Å². The Kier molecular flexibility index (Phi) is 6.82. The molecule has 8 heteroatoms. The molecule has 0 aliphatic carbocycles. The first-order chi connectivity index (χ1) is 12.9. The maximum Gasteiger partial charge on any atom is 0.225 e. The van der Waals surface area contributed by atoms with Gasteiger partial charge >= 0.3 is 0 Å². The van der Waals surface area contributed by atoms with Crippen molar-refractivity contribution in [2.24, 2.45) is 0 Å². The summed E-state index contributed by atoms with van der Waals surface area (Å²) in [6, 6.07) is 9.69. The van der Waals surface area contributed by atoms with Crippen molar-refractivity contribution in [2.45, 2.75) is 6.42 Å². The minimum atomic E-state index is -0.230. The molecule has 2 aromatic rings. The van der Waals surface area contributed by atoms with Gasteiger partial charge in [0.15, 0.2) is 0 Å². The summed E-state index contributed by atoms with van der Waals surface area (Å²) < 4.78 is 13.0. The Balaban J connectivity index is 1.44. The number of benzene rings is 2. The van der Waals surface area contributed by atoms with Crippen molar-refractivity contribution < 1.29 is 9.18 Å². The first-order valence-corrected chi connectivity index (χ1v) is 9.73. The number of amides is 1. The van der Waals surface area contributed by atoms with Crippen LogP contribution in [0.15, 0.2) is 36.4 Å². The van der Waals surface area contributed by atoms with Gasteiger partial charge < -0.3 is 10.2 Å². The minimum Gasteiger partial charge on any atom is -0.369 e. The molecular weight excluding hydrogens is 412 g/mol. The summed E-state index contributed by atoms with van der Waals surface area (Å²) >= 11 is 17.9. The predicted octanol–water partition coefficient (Wildman–Crippen LogP) is 4.94. The lowest BCUT2D eigenvalue weighted by Crippen LogP contribution is -2.47. The Morgan fingerprint density at radius 1 is 1.00 bits per heavy atom. The van der Waals surface area contributed by atoms with Crippen molar-refractivity contribution in [1.82, 2.24) is 4.90 Å². The molecule has 1 amide bonds. The van der Waals surface area contributed by atoms with E-state index in [1.807, 2.05) is 0 Å². The van der Waals surface area contributed by atoms with E-state index in [9.17, 15) is 9.18 Å². The van der Waals surface area contributed by atoms with E-state index in [2.05, 4.69) is 15.1 Å². The first-order valence-electron chi connectivity index (χ1n) is 8.59. The number of piperazine rings is 1. The fourth-order valence-electron chi connectivity index (χ4n) is 2.99. The SMILES string of the molecule is O=C(CCN1CCN(c2ccc(F)cc2)CC1)Nc1cc(Cl)c(Cl)c(Cl)c1. The van der Waals surface area contributed by atoms with Crippen LogP contribution in [0, 0.1) is 5.82 Å². The van der Waals surface area contributed by atoms with Crippen LogP contribution in [0.3, 0.4) is 0 Å². The largest absolute Gasteiger partial charge is 0.369 e. The molecule has 4 nitrogen and oxygen atoms in total. The highest BCUT2D eigenvalue weighted by atomic mass is 35.5. The van der Waals surface area contributed by atoms with Crippen molar-refractivity contribution in [1.29, 1.82) is 0 Å². The lowest BCUT2D eigenvalue weighted by Gasteiger charge is -2.36. The Hall–Kier alpha value is -1.53. The molecule has 1 aliphatic heterocycles. The molecule has 0 radical (unpaired) electrons. The summed E-state index contributed by atoms with van der Waals surface area (Å²) in [5.41, 5.74) is 1.55. The number of hydrogen-bond donors (Lipinski definition) is 1. The van der Waals surface area contributed by atoms with Crippen molar-refractivity contribution in [2.75, 3.05) is 42.9 Å². The maximum atomic E-state index is 13.0. The van der Waals surface area contributed by atoms with Crippen LogP contribution in [0.25, 0.3) is 0 Å². The number of hydrogen-bond acceptors (Lipinski definition) is 3. The molecule has 0 saturated carbocycles. The Morgan fingerprint density at radius 3 is 2.19 bits per heavy atom. The van der Waals surface area contributed by atoms with Gasteiger partial charge in [0.25, 0.3) is 0 Å². The molecule has 1 saturated heterocycles. The lowest BCUT2D eigenvalue weighted by molar-refractivity contribution is -0.116. The zero-order chi connectivity index (χ0) is 19.4. The van der Waals surface area contributed by atoms with Crippen molar-refractivity contribution in [3.05, 3.63) is 57.3 Å². The second-order valence-electron chi connectivity index (χ2n) is 6.36. The van der Waals surface area contributed by atoms with E-state index < -0.39 is 0 Å². The summed E-state index contributed by atoms with van der Waals surface area (Å²) in [4.78, 5) is 16.6. The fourth-order valence-corrected chi connectivity index (χ4v) is 3.59. The minimum absolute atomic E-state index is 0.106. The Labute approximate surface area is 172 Å². The first kappa shape index (κ1) is 20.2. The average Bonchev–Trinajstić information content (AvgIpc) is 2.65. The van der Waals surface area contributed by atoms with Gasteiger partial charge in [0.1, 0.15) is 5.82 Å². The quantitative estimate of drug-likeness (QED) is 0.683. The van der Waals surface area contributed by atoms with Gasteiger partial charge in [-0.1, -0.05) is 34.8 Å². The Bertz CT molecular complexity index is 785.